The summed E-state index contributed by atoms with van der Waals surface area (Å²) in [4.78, 5) is 0. The van der Waals surface area contributed by atoms with Crippen molar-refractivity contribution in [2.75, 3.05) is 13.2 Å². The Bertz CT molecular complexity index is 324. The van der Waals surface area contributed by atoms with Gasteiger partial charge in [-0.2, -0.15) is 0 Å². The molecule has 0 heterocycles. The van der Waals surface area contributed by atoms with Gasteiger partial charge in [-0.3, -0.25) is 5.32 Å². The molecule has 1 aromatic rings. The van der Waals surface area contributed by atoms with Crippen LogP contribution < -0.4 is 10.1 Å². The third kappa shape index (κ3) is 4.53. The maximum absolute atomic E-state index is 5.51. The summed E-state index contributed by atoms with van der Waals surface area (Å²) in [6.07, 6.45) is 5.35. The van der Waals surface area contributed by atoms with Gasteiger partial charge in [0.25, 0.3) is 0 Å². The van der Waals surface area contributed by atoms with Gasteiger partial charge in [-0.15, -0.1) is 6.42 Å². The van der Waals surface area contributed by atoms with Gasteiger partial charge in [-0.25, -0.2) is 0 Å². The van der Waals surface area contributed by atoms with Crippen molar-refractivity contribution in [1.29, 1.82) is 0 Å². The van der Waals surface area contributed by atoms with Crippen LogP contribution in [0.3, 0.4) is 0 Å². The van der Waals surface area contributed by atoms with Crippen molar-refractivity contribution in [2.24, 2.45) is 0 Å². The molecule has 0 saturated heterocycles. The molecule has 0 fully saturated rings. The molecule has 0 saturated carbocycles. The average molecular weight is 203 g/mol. The molecule has 0 atom stereocenters. The first-order valence-electron chi connectivity index (χ1n) is 5.05. The van der Waals surface area contributed by atoms with Gasteiger partial charge < -0.3 is 4.74 Å². The molecule has 1 N–H and O–H groups in total. The van der Waals surface area contributed by atoms with E-state index < -0.39 is 0 Å². The molecule has 0 radical (unpaired) electrons. The molecule has 0 aliphatic carbocycles. The zero-order valence-electron chi connectivity index (χ0n) is 9.29. The smallest absolute Gasteiger partial charge is 0.119 e. The summed E-state index contributed by atoms with van der Waals surface area (Å²) >= 11 is 0. The Labute approximate surface area is 91.6 Å². The fraction of sp³-hybridized carbons (Fsp3) is 0.385. The zero-order valence-corrected chi connectivity index (χ0v) is 9.29. The largest absolute Gasteiger partial charge is 0.492 e. The molecule has 0 unspecified atom stereocenters. The number of benzene rings is 1. The topological polar surface area (TPSA) is 21.3 Å². The zero-order chi connectivity index (χ0) is 11.1. The van der Waals surface area contributed by atoms with Crippen LogP contribution in [0, 0.1) is 12.3 Å². The lowest BCUT2D eigenvalue weighted by molar-refractivity contribution is 0.300. The van der Waals surface area contributed by atoms with E-state index in [0.717, 1.165) is 12.3 Å². The van der Waals surface area contributed by atoms with E-state index in [1.165, 1.54) is 0 Å². The molecule has 0 bridgehead atoms. The summed E-state index contributed by atoms with van der Waals surface area (Å²) in [6.45, 7) is 5.30. The molecule has 0 aromatic heterocycles. The van der Waals surface area contributed by atoms with Gasteiger partial charge in [-0.05, 0) is 26.0 Å². The highest BCUT2D eigenvalue weighted by atomic mass is 16.5. The Balaban J connectivity index is 2.21. The van der Waals surface area contributed by atoms with Gasteiger partial charge in [0.15, 0.2) is 0 Å². The van der Waals surface area contributed by atoms with Crippen molar-refractivity contribution in [3.05, 3.63) is 30.3 Å². The van der Waals surface area contributed by atoms with Crippen LogP contribution >= 0.6 is 0 Å². The van der Waals surface area contributed by atoms with Crippen LogP contribution in [0.25, 0.3) is 0 Å². The van der Waals surface area contributed by atoms with E-state index in [4.69, 9.17) is 11.2 Å². The molecular weight excluding hydrogens is 186 g/mol. The average Bonchev–Trinajstić information content (AvgIpc) is 2.26. The number of nitrogens with one attached hydrogen (secondary N) is 1. The summed E-state index contributed by atoms with van der Waals surface area (Å²) in [7, 11) is 0. The van der Waals surface area contributed by atoms with Gasteiger partial charge in [0.2, 0.25) is 0 Å². The Hall–Kier alpha value is -1.46. The Kier molecular flexibility index (Phi) is 4.20. The normalized spacial score (nSPS) is 10.7. The van der Waals surface area contributed by atoms with E-state index in [-0.39, 0.29) is 5.54 Å². The van der Waals surface area contributed by atoms with Crippen LogP contribution in [-0.4, -0.2) is 18.7 Å². The molecular formula is C13H17NO. The maximum atomic E-state index is 5.51. The van der Waals surface area contributed by atoms with Crippen LogP contribution in [0.15, 0.2) is 30.3 Å². The highest BCUT2D eigenvalue weighted by Crippen LogP contribution is 2.07. The van der Waals surface area contributed by atoms with Gasteiger partial charge in [-0.1, -0.05) is 24.1 Å². The minimum Gasteiger partial charge on any atom is -0.492 e. The Morgan fingerprint density at radius 2 is 2.00 bits per heavy atom. The quantitative estimate of drug-likeness (QED) is 0.584. The summed E-state index contributed by atoms with van der Waals surface area (Å²) in [5.74, 6) is 3.56. The first-order valence-corrected chi connectivity index (χ1v) is 5.05. The lowest BCUT2D eigenvalue weighted by Crippen LogP contribution is -2.40. The molecule has 0 aliphatic rings. The van der Waals surface area contributed by atoms with Gasteiger partial charge in [0.1, 0.15) is 12.4 Å². The lowest BCUT2D eigenvalue weighted by Gasteiger charge is -2.19. The minimum atomic E-state index is -0.264. The van der Waals surface area contributed by atoms with E-state index in [9.17, 15) is 0 Å². The monoisotopic (exact) mass is 203 g/mol. The van der Waals surface area contributed by atoms with Crippen LogP contribution in [0.4, 0.5) is 0 Å². The van der Waals surface area contributed by atoms with Crippen molar-refractivity contribution >= 4 is 0 Å². The van der Waals surface area contributed by atoms with E-state index in [2.05, 4.69) is 11.2 Å². The van der Waals surface area contributed by atoms with Crippen LogP contribution in [0.5, 0.6) is 5.75 Å². The predicted octanol–water partition coefficient (Wildman–Crippen LogP) is 2.07. The third-order valence-corrected chi connectivity index (χ3v) is 2.04. The number of hydrogen-bond acceptors (Lipinski definition) is 2. The maximum Gasteiger partial charge on any atom is 0.119 e. The predicted molar refractivity (Wildman–Crippen MR) is 62.9 cm³/mol. The van der Waals surface area contributed by atoms with Crippen molar-refractivity contribution in [2.45, 2.75) is 19.4 Å². The van der Waals surface area contributed by atoms with E-state index in [0.29, 0.717) is 6.61 Å². The number of hydrogen-bond donors (Lipinski definition) is 1. The van der Waals surface area contributed by atoms with Crippen molar-refractivity contribution < 1.29 is 4.74 Å². The van der Waals surface area contributed by atoms with Crippen molar-refractivity contribution in [3.8, 4) is 18.1 Å². The lowest BCUT2D eigenvalue weighted by atomic mass is 10.1. The fourth-order valence-corrected chi connectivity index (χ4v) is 1.10. The molecule has 2 nitrogen and oxygen atoms in total. The standard InChI is InChI=1S/C13H17NO/c1-4-13(2,3)14-10-11-15-12-8-6-5-7-9-12/h1,5-9,14H,10-11H2,2-3H3. The summed E-state index contributed by atoms with van der Waals surface area (Å²) in [5.41, 5.74) is -0.264. The molecule has 0 aliphatic heterocycles. The molecule has 15 heavy (non-hydrogen) atoms. The second-order valence-corrected chi connectivity index (χ2v) is 3.86. The second kappa shape index (κ2) is 5.43. The summed E-state index contributed by atoms with van der Waals surface area (Å²) < 4.78 is 5.51. The highest BCUT2D eigenvalue weighted by Gasteiger charge is 2.11. The third-order valence-electron chi connectivity index (χ3n) is 2.04. The fourth-order valence-electron chi connectivity index (χ4n) is 1.10. The highest BCUT2D eigenvalue weighted by molar-refractivity contribution is 5.20. The van der Waals surface area contributed by atoms with E-state index >= 15 is 0 Å². The van der Waals surface area contributed by atoms with E-state index in [1.807, 2.05) is 44.2 Å². The number of terminal acetylenes is 1. The second-order valence-electron chi connectivity index (χ2n) is 3.86. The molecule has 2 heteroatoms. The first-order chi connectivity index (χ1) is 7.14. The van der Waals surface area contributed by atoms with Crippen molar-refractivity contribution in [1.82, 2.24) is 5.32 Å². The SMILES string of the molecule is C#CC(C)(C)NCCOc1ccccc1. The van der Waals surface area contributed by atoms with Crippen LogP contribution in [0.1, 0.15) is 13.8 Å². The Morgan fingerprint density at radius 3 is 2.60 bits per heavy atom. The van der Waals surface area contributed by atoms with Gasteiger partial charge >= 0.3 is 0 Å². The summed E-state index contributed by atoms with van der Waals surface area (Å²) in [6, 6.07) is 9.74. The number of para-hydroxylation sites is 1. The van der Waals surface area contributed by atoms with Gasteiger partial charge in [0, 0.05) is 6.54 Å². The van der Waals surface area contributed by atoms with Crippen LogP contribution in [-0.2, 0) is 0 Å². The molecule has 0 spiro atoms. The molecule has 1 rings (SSSR count). The molecule has 1 aromatic carbocycles. The number of ether oxygens (including phenoxy) is 1. The molecule has 0 amide bonds. The van der Waals surface area contributed by atoms with Crippen LogP contribution in [0.2, 0.25) is 0 Å². The first kappa shape index (κ1) is 11.6. The number of rotatable bonds is 5. The van der Waals surface area contributed by atoms with Crippen molar-refractivity contribution in [3.63, 3.8) is 0 Å². The molecule has 80 valence electrons. The van der Waals surface area contributed by atoms with E-state index in [1.54, 1.807) is 0 Å². The van der Waals surface area contributed by atoms with Gasteiger partial charge in [0.05, 0.1) is 5.54 Å². The summed E-state index contributed by atoms with van der Waals surface area (Å²) in [5, 5.41) is 3.22. The Morgan fingerprint density at radius 1 is 1.33 bits per heavy atom. The minimum absolute atomic E-state index is 0.264.